The highest BCUT2D eigenvalue weighted by atomic mass is 32.2. The van der Waals surface area contributed by atoms with Crippen molar-refractivity contribution in [3.05, 3.63) is 47.0 Å². The van der Waals surface area contributed by atoms with Gasteiger partial charge in [0, 0.05) is 18.6 Å². The molecule has 0 bridgehead atoms. The van der Waals surface area contributed by atoms with Gasteiger partial charge in [-0.25, -0.2) is 17.9 Å². The van der Waals surface area contributed by atoms with E-state index in [-0.39, 0.29) is 16.5 Å². The first-order chi connectivity index (χ1) is 10.7. The minimum absolute atomic E-state index is 0.0131. The predicted molar refractivity (Wildman–Crippen MR) is 83.3 cm³/mol. The zero-order valence-electron chi connectivity index (χ0n) is 12.8. The van der Waals surface area contributed by atoms with Crippen molar-refractivity contribution in [2.24, 2.45) is 5.92 Å². The number of nitro groups is 1. The summed E-state index contributed by atoms with van der Waals surface area (Å²) in [6.45, 7) is 7.20. The van der Waals surface area contributed by atoms with Crippen LogP contribution in [0, 0.1) is 16.0 Å². The van der Waals surface area contributed by atoms with E-state index in [1.165, 1.54) is 0 Å². The quantitative estimate of drug-likeness (QED) is 0.462. The van der Waals surface area contributed by atoms with Gasteiger partial charge in [-0.1, -0.05) is 19.9 Å². The van der Waals surface area contributed by atoms with E-state index in [4.69, 9.17) is 4.74 Å². The number of rotatable bonds is 7. The van der Waals surface area contributed by atoms with Crippen molar-refractivity contribution in [3.63, 3.8) is 0 Å². The van der Waals surface area contributed by atoms with Gasteiger partial charge in [0.05, 0.1) is 9.82 Å². The van der Waals surface area contributed by atoms with Gasteiger partial charge in [0.15, 0.2) is 0 Å². The lowest BCUT2D eigenvalue weighted by atomic mass is 10.0. The fraction of sp³-hybridized carbons (Fsp3) is 0.357. The number of nitro benzene ring substituents is 1. The first-order valence-corrected chi connectivity index (χ1v) is 8.24. The second kappa shape index (κ2) is 7.73. The maximum Gasteiger partial charge on any atom is 0.421 e. The van der Waals surface area contributed by atoms with E-state index in [0.717, 1.165) is 24.3 Å². The molecule has 0 fully saturated rings. The molecule has 0 aromatic heterocycles. The molecule has 8 nitrogen and oxygen atoms in total. The van der Waals surface area contributed by atoms with Crippen LogP contribution in [-0.4, -0.2) is 25.5 Å². The molecule has 0 aliphatic heterocycles. The summed E-state index contributed by atoms with van der Waals surface area (Å²) in [5.74, 6) is -0.0131. The lowest BCUT2D eigenvalue weighted by Crippen LogP contribution is -2.35. The SMILES string of the molecule is C=CCC(OC(=O)NS(=O)(=O)c1ccc([N+](=O)[O-])cc1)C(C)C. The first kappa shape index (κ1) is 18.6. The van der Waals surface area contributed by atoms with E-state index in [1.807, 2.05) is 13.8 Å². The van der Waals surface area contributed by atoms with Crippen molar-refractivity contribution in [2.75, 3.05) is 0 Å². The maximum absolute atomic E-state index is 12.0. The molecule has 0 heterocycles. The van der Waals surface area contributed by atoms with Crippen molar-refractivity contribution in [1.82, 2.24) is 4.72 Å². The summed E-state index contributed by atoms with van der Waals surface area (Å²) in [7, 11) is -4.16. The third kappa shape index (κ3) is 5.37. The number of hydrogen-bond acceptors (Lipinski definition) is 6. The van der Waals surface area contributed by atoms with Gasteiger partial charge in [-0.15, -0.1) is 6.58 Å². The molecule has 23 heavy (non-hydrogen) atoms. The molecule has 0 radical (unpaired) electrons. The van der Waals surface area contributed by atoms with Gasteiger partial charge in [0.25, 0.3) is 15.7 Å². The van der Waals surface area contributed by atoms with Gasteiger partial charge in [-0.05, 0) is 18.1 Å². The zero-order chi connectivity index (χ0) is 17.6. The van der Waals surface area contributed by atoms with Gasteiger partial charge in [0.2, 0.25) is 0 Å². The number of carbonyl (C=O) groups excluding carboxylic acids is 1. The number of sulfonamides is 1. The lowest BCUT2D eigenvalue weighted by molar-refractivity contribution is -0.384. The Bertz CT molecular complexity index is 682. The second-order valence-electron chi connectivity index (χ2n) is 5.07. The molecule has 1 rings (SSSR count). The average Bonchev–Trinajstić information content (AvgIpc) is 2.46. The molecule has 1 unspecified atom stereocenters. The number of amides is 1. The van der Waals surface area contributed by atoms with Crippen LogP contribution in [0.1, 0.15) is 20.3 Å². The zero-order valence-corrected chi connectivity index (χ0v) is 13.6. The van der Waals surface area contributed by atoms with E-state index in [2.05, 4.69) is 6.58 Å². The second-order valence-corrected chi connectivity index (χ2v) is 6.75. The van der Waals surface area contributed by atoms with Crippen molar-refractivity contribution in [1.29, 1.82) is 0 Å². The van der Waals surface area contributed by atoms with Crippen LogP contribution in [0.2, 0.25) is 0 Å². The molecule has 0 aliphatic carbocycles. The van der Waals surface area contributed by atoms with Crippen LogP contribution in [0.3, 0.4) is 0 Å². The molecule has 0 saturated heterocycles. The van der Waals surface area contributed by atoms with Gasteiger partial charge in [-0.2, -0.15) is 0 Å². The summed E-state index contributed by atoms with van der Waals surface area (Å²) in [6.07, 6.45) is 0.356. The van der Waals surface area contributed by atoms with E-state index < -0.39 is 27.1 Å². The standard InChI is InChI=1S/C14H18N2O6S/c1-4-5-13(10(2)3)22-14(17)15-23(20,21)12-8-6-11(7-9-12)16(18)19/h4,6-10,13H,1,5H2,2-3H3,(H,15,17). The van der Waals surface area contributed by atoms with Crippen LogP contribution in [0.4, 0.5) is 10.5 Å². The highest BCUT2D eigenvalue weighted by molar-refractivity contribution is 7.90. The topological polar surface area (TPSA) is 116 Å². The molecule has 1 atom stereocenters. The van der Waals surface area contributed by atoms with E-state index in [1.54, 1.807) is 10.8 Å². The maximum atomic E-state index is 12.0. The highest BCUT2D eigenvalue weighted by Crippen LogP contribution is 2.16. The fourth-order valence-electron chi connectivity index (χ4n) is 1.70. The van der Waals surface area contributed by atoms with Crippen LogP contribution in [0.25, 0.3) is 0 Å². The Morgan fingerprint density at radius 3 is 2.39 bits per heavy atom. The summed E-state index contributed by atoms with van der Waals surface area (Å²) in [5, 5.41) is 10.5. The summed E-state index contributed by atoms with van der Waals surface area (Å²) in [6, 6.07) is 4.15. The smallest absolute Gasteiger partial charge is 0.421 e. The minimum atomic E-state index is -4.16. The Balaban J connectivity index is 2.83. The molecule has 1 aromatic carbocycles. The summed E-state index contributed by atoms with van der Waals surface area (Å²) >= 11 is 0. The van der Waals surface area contributed by atoms with E-state index >= 15 is 0 Å². The molecule has 1 aromatic rings. The lowest BCUT2D eigenvalue weighted by Gasteiger charge is -2.20. The van der Waals surface area contributed by atoms with E-state index in [9.17, 15) is 23.3 Å². The number of nitrogens with one attached hydrogen (secondary N) is 1. The molecule has 1 amide bonds. The Kier molecular flexibility index (Phi) is 6.26. The van der Waals surface area contributed by atoms with Crippen molar-refractivity contribution < 1.29 is 22.9 Å². The Hall–Kier alpha value is -2.42. The third-order valence-corrected chi connectivity index (χ3v) is 4.30. The van der Waals surface area contributed by atoms with E-state index in [0.29, 0.717) is 6.42 Å². The van der Waals surface area contributed by atoms with Crippen LogP contribution < -0.4 is 4.72 Å². The molecule has 126 valence electrons. The van der Waals surface area contributed by atoms with Crippen molar-refractivity contribution >= 4 is 21.8 Å². The largest absolute Gasteiger partial charge is 0.445 e. The fourth-order valence-corrected chi connectivity index (χ4v) is 2.58. The average molecular weight is 342 g/mol. The minimum Gasteiger partial charge on any atom is -0.445 e. The molecular weight excluding hydrogens is 324 g/mol. The normalized spacial score (nSPS) is 12.5. The van der Waals surface area contributed by atoms with Gasteiger partial charge >= 0.3 is 6.09 Å². The van der Waals surface area contributed by atoms with Crippen LogP contribution >= 0.6 is 0 Å². The third-order valence-electron chi connectivity index (χ3n) is 2.98. The number of carbonyl (C=O) groups is 1. The molecular formula is C14H18N2O6S. The molecule has 0 spiro atoms. The molecule has 1 N–H and O–H groups in total. The Morgan fingerprint density at radius 2 is 1.96 bits per heavy atom. The molecule has 0 saturated carbocycles. The Labute approximate surface area is 134 Å². The van der Waals surface area contributed by atoms with Crippen molar-refractivity contribution in [3.8, 4) is 0 Å². The number of hydrogen-bond donors (Lipinski definition) is 1. The van der Waals surface area contributed by atoms with Crippen LogP contribution in [0.5, 0.6) is 0 Å². The molecule has 0 aliphatic rings. The summed E-state index contributed by atoms with van der Waals surface area (Å²) in [5.41, 5.74) is -0.252. The predicted octanol–water partition coefficient (Wildman–Crippen LogP) is 2.61. The Morgan fingerprint density at radius 1 is 1.39 bits per heavy atom. The number of ether oxygens (including phenoxy) is 1. The monoisotopic (exact) mass is 342 g/mol. The van der Waals surface area contributed by atoms with Gasteiger partial charge in [0.1, 0.15) is 6.10 Å². The van der Waals surface area contributed by atoms with Crippen molar-refractivity contribution in [2.45, 2.75) is 31.3 Å². The highest BCUT2D eigenvalue weighted by Gasteiger charge is 2.23. The summed E-state index contributed by atoms with van der Waals surface area (Å²) < 4.78 is 30.9. The number of non-ortho nitro benzene ring substituents is 1. The summed E-state index contributed by atoms with van der Waals surface area (Å²) in [4.78, 5) is 21.4. The first-order valence-electron chi connectivity index (χ1n) is 6.76. The molecule has 9 heteroatoms. The van der Waals surface area contributed by atoms with Gasteiger partial charge < -0.3 is 4.74 Å². The number of nitrogens with zero attached hydrogens (tertiary/aromatic N) is 1. The van der Waals surface area contributed by atoms with Crippen LogP contribution in [-0.2, 0) is 14.8 Å². The van der Waals surface area contributed by atoms with Gasteiger partial charge in [-0.3, -0.25) is 10.1 Å². The van der Waals surface area contributed by atoms with Crippen LogP contribution in [0.15, 0.2) is 41.8 Å². The number of benzene rings is 1.